The number of thioether (sulfide) groups is 1. The minimum atomic E-state index is -1.06. The number of aliphatic hydroxyl groups excluding tert-OH is 1. The number of halogens is 1. The molecule has 3 heterocycles. The molecule has 1 aliphatic heterocycles. The molecular weight excluding hydrogens is 427 g/mol. The van der Waals surface area contributed by atoms with E-state index in [1.54, 1.807) is 37.4 Å². The summed E-state index contributed by atoms with van der Waals surface area (Å²) in [6.07, 6.45) is 4.52. The molecule has 0 spiro atoms. The first kappa shape index (κ1) is 23.1. The third kappa shape index (κ3) is 5.63. The lowest BCUT2D eigenvalue weighted by Crippen LogP contribution is -2.43. The molecule has 1 unspecified atom stereocenters. The molecule has 5 nitrogen and oxygen atoms in total. The van der Waals surface area contributed by atoms with Crippen molar-refractivity contribution < 1.29 is 18.7 Å². The Morgan fingerprint density at radius 1 is 1.31 bits per heavy atom. The minimum Gasteiger partial charge on any atom is -0.497 e. The van der Waals surface area contributed by atoms with Crippen molar-refractivity contribution in [2.75, 3.05) is 39.1 Å². The number of methoxy groups -OCH3 is 1. The van der Waals surface area contributed by atoms with Gasteiger partial charge < -0.3 is 19.2 Å². The number of benzene rings is 1. The van der Waals surface area contributed by atoms with E-state index in [4.69, 9.17) is 9.15 Å². The number of piperidine rings is 1. The first-order chi connectivity index (χ1) is 15.7. The summed E-state index contributed by atoms with van der Waals surface area (Å²) in [4.78, 5) is 6.76. The zero-order chi connectivity index (χ0) is 22.3. The number of aromatic nitrogens is 1. The maximum absolute atomic E-state index is 15.3. The van der Waals surface area contributed by atoms with Crippen LogP contribution < -0.4 is 4.74 Å². The molecule has 172 valence electrons. The topological polar surface area (TPSA) is 58.7 Å². The Labute approximate surface area is 193 Å². The van der Waals surface area contributed by atoms with Gasteiger partial charge in [-0.2, -0.15) is 0 Å². The van der Waals surface area contributed by atoms with E-state index < -0.39 is 6.17 Å². The Morgan fingerprint density at radius 3 is 3.00 bits per heavy atom. The zero-order valence-corrected chi connectivity index (χ0v) is 19.3. The van der Waals surface area contributed by atoms with Crippen molar-refractivity contribution in [2.45, 2.75) is 30.5 Å². The van der Waals surface area contributed by atoms with Gasteiger partial charge in [0.1, 0.15) is 11.9 Å². The highest BCUT2D eigenvalue weighted by atomic mass is 32.2. The van der Waals surface area contributed by atoms with E-state index in [1.807, 2.05) is 30.3 Å². The molecule has 3 atom stereocenters. The van der Waals surface area contributed by atoms with Gasteiger partial charge >= 0.3 is 0 Å². The second-order valence-electron chi connectivity index (χ2n) is 8.40. The van der Waals surface area contributed by atoms with Gasteiger partial charge in [-0.1, -0.05) is 11.8 Å². The van der Waals surface area contributed by atoms with E-state index in [0.717, 1.165) is 54.2 Å². The molecule has 3 aromatic rings. The standard InChI is InChI=1S/C25H31FN2O3S/c1-30-20-5-7-24-22(15-20)21(8-10-27-24)23(26)6-4-18-9-11-28(16-19(18)17-29)12-14-32-25-3-2-13-31-25/h2-3,5,7-8,10,13,15,18-19,23,29H,4,6,9,11-12,14,16-17H2,1H3/t18-,19-,23?/m1/s1. The van der Waals surface area contributed by atoms with Crippen molar-refractivity contribution in [2.24, 2.45) is 11.8 Å². The van der Waals surface area contributed by atoms with Crippen LogP contribution in [0.1, 0.15) is 31.0 Å². The molecule has 1 saturated heterocycles. The zero-order valence-electron chi connectivity index (χ0n) is 18.5. The third-order valence-electron chi connectivity index (χ3n) is 6.47. The van der Waals surface area contributed by atoms with Crippen LogP contribution in [0.25, 0.3) is 10.9 Å². The molecule has 0 amide bonds. The SMILES string of the molecule is COc1ccc2nccc(C(F)CC[C@@H]3CCN(CCSc4ccco4)C[C@@H]3CO)c2c1. The van der Waals surface area contributed by atoms with Gasteiger partial charge in [-0.3, -0.25) is 4.98 Å². The second kappa shape index (κ2) is 11.2. The van der Waals surface area contributed by atoms with E-state index >= 15 is 4.39 Å². The number of aliphatic hydroxyl groups is 1. The van der Waals surface area contributed by atoms with Crippen molar-refractivity contribution in [1.29, 1.82) is 0 Å². The molecule has 1 fully saturated rings. The van der Waals surface area contributed by atoms with Crippen molar-refractivity contribution in [3.05, 3.63) is 54.4 Å². The van der Waals surface area contributed by atoms with Crippen LogP contribution in [0.5, 0.6) is 5.75 Å². The largest absolute Gasteiger partial charge is 0.497 e. The summed E-state index contributed by atoms with van der Waals surface area (Å²) in [5, 5.41) is 11.7. The smallest absolute Gasteiger partial charge is 0.160 e. The summed E-state index contributed by atoms with van der Waals surface area (Å²) >= 11 is 1.71. The summed E-state index contributed by atoms with van der Waals surface area (Å²) in [5.74, 6) is 2.20. The van der Waals surface area contributed by atoms with Crippen LogP contribution in [-0.2, 0) is 0 Å². The van der Waals surface area contributed by atoms with Crippen LogP contribution in [0.15, 0.2) is 58.4 Å². The second-order valence-corrected chi connectivity index (χ2v) is 9.50. The Balaban J connectivity index is 1.31. The lowest BCUT2D eigenvalue weighted by atomic mass is 9.81. The lowest BCUT2D eigenvalue weighted by Gasteiger charge is -2.38. The number of hydrogen-bond acceptors (Lipinski definition) is 6. The Kier molecular flexibility index (Phi) is 8.05. The number of furan rings is 1. The molecule has 1 N–H and O–H groups in total. The maximum Gasteiger partial charge on any atom is 0.160 e. The average Bonchev–Trinajstić information content (AvgIpc) is 3.35. The fourth-order valence-electron chi connectivity index (χ4n) is 4.63. The normalized spacial score (nSPS) is 20.5. The number of fused-ring (bicyclic) bond motifs is 1. The first-order valence-electron chi connectivity index (χ1n) is 11.2. The Hall–Kier alpha value is -2.09. The van der Waals surface area contributed by atoms with Gasteiger partial charge in [-0.15, -0.1) is 0 Å². The number of nitrogens with zero attached hydrogens (tertiary/aromatic N) is 2. The highest BCUT2D eigenvalue weighted by Crippen LogP contribution is 2.35. The van der Waals surface area contributed by atoms with Crippen LogP contribution in [0.3, 0.4) is 0 Å². The Morgan fingerprint density at radius 2 is 2.22 bits per heavy atom. The average molecular weight is 459 g/mol. The molecule has 1 aliphatic rings. The monoisotopic (exact) mass is 458 g/mol. The Bertz CT molecular complexity index is 984. The molecule has 2 aromatic heterocycles. The van der Waals surface area contributed by atoms with E-state index in [9.17, 15) is 5.11 Å². The highest BCUT2D eigenvalue weighted by molar-refractivity contribution is 7.99. The maximum atomic E-state index is 15.3. The summed E-state index contributed by atoms with van der Waals surface area (Å²) in [7, 11) is 1.61. The number of ether oxygens (including phenoxy) is 1. The summed E-state index contributed by atoms with van der Waals surface area (Å²) in [6, 6.07) is 11.2. The lowest BCUT2D eigenvalue weighted by molar-refractivity contribution is 0.0672. The van der Waals surface area contributed by atoms with E-state index in [1.165, 1.54) is 0 Å². The number of pyridine rings is 1. The van der Waals surface area contributed by atoms with Crippen molar-refractivity contribution >= 4 is 22.7 Å². The first-order valence-corrected chi connectivity index (χ1v) is 12.2. The van der Waals surface area contributed by atoms with Crippen LogP contribution in [0, 0.1) is 11.8 Å². The molecular formula is C25H31FN2O3S. The van der Waals surface area contributed by atoms with Crippen LogP contribution in [0.2, 0.25) is 0 Å². The predicted octanol–water partition coefficient (Wildman–Crippen LogP) is 5.35. The molecule has 32 heavy (non-hydrogen) atoms. The minimum absolute atomic E-state index is 0.152. The van der Waals surface area contributed by atoms with E-state index in [0.29, 0.717) is 23.7 Å². The molecule has 7 heteroatoms. The summed E-state index contributed by atoms with van der Waals surface area (Å²) < 4.78 is 26.0. The number of alkyl halides is 1. The van der Waals surface area contributed by atoms with Crippen LogP contribution in [0.4, 0.5) is 4.39 Å². The highest BCUT2D eigenvalue weighted by Gasteiger charge is 2.29. The van der Waals surface area contributed by atoms with E-state index in [2.05, 4.69) is 9.88 Å². The molecule has 0 radical (unpaired) electrons. The van der Waals surface area contributed by atoms with Gasteiger partial charge in [0, 0.05) is 37.0 Å². The van der Waals surface area contributed by atoms with E-state index in [-0.39, 0.29) is 12.5 Å². The fourth-order valence-corrected chi connectivity index (χ4v) is 5.48. The van der Waals surface area contributed by atoms with Crippen molar-refractivity contribution in [1.82, 2.24) is 9.88 Å². The molecule has 4 rings (SSSR count). The molecule has 1 aromatic carbocycles. The van der Waals surface area contributed by atoms with Gasteiger partial charge in [0.2, 0.25) is 0 Å². The molecule has 0 saturated carbocycles. The summed E-state index contributed by atoms with van der Waals surface area (Å²) in [6.45, 7) is 2.97. The van der Waals surface area contributed by atoms with Gasteiger partial charge in [-0.25, -0.2) is 4.39 Å². The van der Waals surface area contributed by atoms with Gasteiger partial charge in [0.05, 0.1) is 18.9 Å². The van der Waals surface area contributed by atoms with Gasteiger partial charge in [-0.05, 0) is 79.6 Å². The third-order valence-corrected chi connectivity index (χ3v) is 7.37. The van der Waals surface area contributed by atoms with Gasteiger partial charge in [0.15, 0.2) is 5.09 Å². The van der Waals surface area contributed by atoms with Crippen LogP contribution >= 0.6 is 11.8 Å². The quantitative estimate of drug-likeness (QED) is 0.413. The number of likely N-dealkylation sites (tertiary alicyclic amines) is 1. The number of rotatable bonds is 10. The predicted molar refractivity (Wildman–Crippen MR) is 126 cm³/mol. The van der Waals surface area contributed by atoms with Crippen molar-refractivity contribution in [3.63, 3.8) is 0 Å². The van der Waals surface area contributed by atoms with Crippen molar-refractivity contribution in [3.8, 4) is 5.75 Å². The number of hydrogen-bond donors (Lipinski definition) is 1. The summed E-state index contributed by atoms with van der Waals surface area (Å²) in [5.41, 5.74) is 1.45. The molecule has 0 aliphatic carbocycles. The van der Waals surface area contributed by atoms with Crippen LogP contribution in [-0.4, -0.2) is 54.1 Å². The fraction of sp³-hybridized carbons (Fsp3) is 0.480. The molecule has 0 bridgehead atoms. The van der Waals surface area contributed by atoms with Gasteiger partial charge in [0.25, 0.3) is 0 Å².